The molecule has 6 nitrogen and oxygen atoms in total. The van der Waals surface area contributed by atoms with Gasteiger partial charge in [-0.15, -0.1) is 0 Å². The lowest BCUT2D eigenvalue weighted by Gasteiger charge is -2.12. The van der Waals surface area contributed by atoms with Crippen molar-refractivity contribution >= 4 is 22.6 Å². The molecule has 0 saturated heterocycles. The molecule has 2 heterocycles. The number of nitrogens with zero attached hydrogens (tertiary/aromatic N) is 1. The SMILES string of the molecule is Cc1cc(C(=O)Nc2ccc3[nH]c(=O)[nH]c3c2)c(C)n1CC(F)(F)F. The number of hydrogen-bond donors (Lipinski definition) is 3. The summed E-state index contributed by atoms with van der Waals surface area (Å²) in [6.07, 6.45) is -4.37. The number of alkyl halides is 3. The van der Waals surface area contributed by atoms with Crippen LogP contribution in [0.4, 0.5) is 18.9 Å². The van der Waals surface area contributed by atoms with Gasteiger partial charge in [0.25, 0.3) is 5.91 Å². The normalized spacial score (nSPS) is 11.9. The number of rotatable bonds is 3. The highest BCUT2D eigenvalue weighted by molar-refractivity contribution is 6.06. The van der Waals surface area contributed by atoms with Crippen LogP contribution in [0.15, 0.2) is 29.1 Å². The van der Waals surface area contributed by atoms with Gasteiger partial charge in [-0.3, -0.25) is 4.79 Å². The molecule has 0 radical (unpaired) electrons. The lowest BCUT2D eigenvalue weighted by atomic mass is 10.2. The Kier molecular flexibility index (Phi) is 3.94. The largest absolute Gasteiger partial charge is 0.406 e. The molecule has 132 valence electrons. The number of aryl methyl sites for hydroxylation is 1. The van der Waals surface area contributed by atoms with Crippen molar-refractivity contribution in [3.8, 4) is 0 Å². The highest BCUT2D eigenvalue weighted by Crippen LogP contribution is 2.24. The molecule has 1 aromatic carbocycles. The molecule has 1 amide bonds. The minimum atomic E-state index is -4.37. The summed E-state index contributed by atoms with van der Waals surface area (Å²) in [7, 11) is 0. The lowest BCUT2D eigenvalue weighted by molar-refractivity contribution is -0.141. The number of amides is 1. The molecule has 0 bridgehead atoms. The average Bonchev–Trinajstić information content (AvgIpc) is 2.99. The first-order valence-electron chi connectivity index (χ1n) is 7.41. The number of hydrogen-bond acceptors (Lipinski definition) is 2. The zero-order valence-corrected chi connectivity index (χ0v) is 13.4. The second-order valence-electron chi connectivity index (χ2n) is 5.78. The summed E-state index contributed by atoms with van der Waals surface area (Å²) in [6, 6.07) is 6.21. The molecule has 3 rings (SSSR count). The summed E-state index contributed by atoms with van der Waals surface area (Å²) in [4.78, 5) is 28.8. The number of imidazole rings is 1. The molecule has 0 aliphatic rings. The Labute approximate surface area is 139 Å². The van der Waals surface area contributed by atoms with Crippen molar-refractivity contribution in [2.24, 2.45) is 0 Å². The van der Waals surface area contributed by atoms with Crippen LogP contribution in [0.3, 0.4) is 0 Å². The Morgan fingerprint density at radius 3 is 2.52 bits per heavy atom. The first kappa shape index (κ1) is 16.9. The molecule has 0 aliphatic carbocycles. The first-order valence-corrected chi connectivity index (χ1v) is 7.41. The third-order valence-corrected chi connectivity index (χ3v) is 3.93. The maximum Gasteiger partial charge on any atom is 0.406 e. The number of halogens is 3. The van der Waals surface area contributed by atoms with Crippen molar-refractivity contribution in [1.82, 2.24) is 14.5 Å². The van der Waals surface area contributed by atoms with Gasteiger partial charge in [-0.05, 0) is 38.1 Å². The molecule has 2 aromatic heterocycles. The fourth-order valence-electron chi connectivity index (χ4n) is 2.76. The van der Waals surface area contributed by atoms with Crippen LogP contribution in [0.1, 0.15) is 21.7 Å². The molecule has 0 fully saturated rings. The van der Waals surface area contributed by atoms with Crippen molar-refractivity contribution < 1.29 is 18.0 Å². The molecule has 3 aromatic rings. The number of fused-ring (bicyclic) bond motifs is 1. The van der Waals surface area contributed by atoms with E-state index >= 15 is 0 Å². The van der Waals surface area contributed by atoms with Crippen LogP contribution >= 0.6 is 0 Å². The Morgan fingerprint density at radius 2 is 1.84 bits per heavy atom. The number of anilines is 1. The van der Waals surface area contributed by atoms with Gasteiger partial charge in [-0.2, -0.15) is 13.2 Å². The molecule has 0 aliphatic heterocycles. The van der Waals surface area contributed by atoms with Gasteiger partial charge in [0, 0.05) is 17.1 Å². The summed E-state index contributed by atoms with van der Waals surface area (Å²) in [5, 5.41) is 2.63. The summed E-state index contributed by atoms with van der Waals surface area (Å²) in [5.74, 6) is -0.515. The number of aromatic nitrogens is 3. The van der Waals surface area contributed by atoms with E-state index in [4.69, 9.17) is 0 Å². The summed E-state index contributed by atoms with van der Waals surface area (Å²) in [6.45, 7) is 1.85. The van der Waals surface area contributed by atoms with Crippen LogP contribution in [-0.2, 0) is 6.54 Å². The van der Waals surface area contributed by atoms with Crippen LogP contribution < -0.4 is 11.0 Å². The number of carbonyl (C=O) groups excluding carboxylic acids is 1. The maximum atomic E-state index is 12.7. The van der Waals surface area contributed by atoms with Crippen LogP contribution in [-0.4, -0.2) is 26.6 Å². The molecule has 0 unspecified atom stereocenters. The second kappa shape index (κ2) is 5.83. The van der Waals surface area contributed by atoms with Gasteiger partial charge in [0.15, 0.2) is 0 Å². The molecule has 0 spiro atoms. The van der Waals surface area contributed by atoms with Gasteiger partial charge < -0.3 is 19.9 Å². The van der Waals surface area contributed by atoms with Crippen molar-refractivity contribution in [3.63, 3.8) is 0 Å². The van der Waals surface area contributed by atoms with Crippen LogP contribution in [0.5, 0.6) is 0 Å². The first-order chi connectivity index (χ1) is 11.6. The predicted molar refractivity (Wildman–Crippen MR) is 86.8 cm³/mol. The van der Waals surface area contributed by atoms with E-state index in [-0.39, 0.29) is 16.9 Å². The Morgan fingerprint density at radius 1 is 1.16 bits per heavy atom. The van der Waals surface area contributed by atoms with Gasteiger partial charge in [0.1, 0.15) is 6.54 Å². The molecule has 0 saturated carbocycles. The van der Waals surface area contributed by atoms with Crippen molar-refractivity contribution in [2.75, 3.05) is 5.32 Å². The van der Waals surface area contributed by atoms with Gasteiger partial charge in [0.2, 0.25) is 0 Å². The van der Waals surface area contributed by atoms with Crippen LogP contribution in [0.25, 0.3) is 11.0 Å². The summed E-state index contributed by atoms with van der Waals surface area (Å²) < 4.78 is 39.0. The fourth-order valence-corrected chi connectivity index (χ4v) is 2.76. The van der Waals surface area contributed by atoms with E-state index in [0.717, 1.165) is 4.57 Å². The van der Waals surface area contributed by atoms with E-state index in [2.05, 4.69) is 15.3 Å². The predicted octanol–water partition coefficient (Wildman–Crippen LogP) is 3.09. The standard InChI is InChI=1S/C16H15F3N4O2/c1-8-5-11(9(2)23(8)7-16(17,18)19)14(24)20-10-3-4-12-13(6-10)22-15(25)21-12/h3-6H,7H2,1-2H3,(H,20,24)(H2,21,22,25). The van der Waals surface area contributed by atoms with E-state index in [9.17, 15) is 22.8 Å². The highest BCUT2D eigenvalue weighted by Gasteiger charge is 2.30. The van der Waals surface area contributed by atoms with E-state index in [1.165, 1.54) is 19.9 Å². The van der Waals surface area contributed by atoms with E-state index in [1.54, 1.807) is 18.2 Å². The fraction of sp³-hybridized carbons (Fsp3) is 0.250. The molecular formula is C16H15F3N4O2. The van der Waals surface area contributed by atoms with E-state index in [1.807, 2.05) is 0 Å². The van der Waals surface area contributed by atoms with Crippen molar-refractivity contribution in [3.05, 3.63) is 51.7 Å². The Hall–Kier alpha value is -2.97. The maximum absolute atomic E-state index is 12.7. The van der Waals surface area contributed by atoms with Gasteiger partial charge in [-0.1, -0.05) is 0 Å². The van der Waals surface area contributed by atoms with E-state index < -0.39 is 18.6 Å². The molecular weight excluding hydrogens is 337 g/mol. The second-order valence-corrected chi connectivity index (χ2v) is 5.78. The smallest absolute Gasteiger partial charge is 0.339 e. The highest BCUT2D eigenvalue weighted by atomic mass is 19.4. The number of carbonyl (C=O) groups is 1. The third-order valence-electron chi connectivity index (χ3n) is 3.93. The van der Waals surface area contributed by atoms with Gasteiger partial charge in [-0.25, -0.2) is 4.79 Å². The zero-order chi connectivity index (χ0) is 18.4. The Bertz CT molecular complexity index is 1010. The van der Waals surface area contributed by atoms with Crippen molar-refractivity contribution in [2.45, 2.75) is 26.6 Å². The monoisotopic (exact) mass is 352 g/mol. The minimum absolute atomic E-state index is 0.171. The third kappa shape index (κ3) is 3.44. The van der Waals surface area contributed by atoms with Crippen LogP contribution in [0, 0.1) is 13.8 Å². The quantitative estimate of drug-likeness (QED) is 0.677. The molecule has 0 atom stereocenters. The Balaban J connectivity index is 1.87. The molecule has 25 heavy (non-hydrogen) atoms. The average molecular weight is 352 g/mol. The van der Waals surface area contributed by atoms with E-state index in [0.29, 0.717) is 22.4 Å². The summed E-state index contributed by atoms with van der Waals surface area (Å²) >= 11 is 0. The minimum Gasteiger partial charge on any atom is -0.339 e. The lowest BCUT2D eigenvalue weighted by Crippen LogP contribution is -2.20. The van der Waals surface area contributed by atoms with Gasteiger partial charge in [0.05, 0.1) is 16.6 Å². The zero-order valence-electron chi connectivity index (χ0n) is 13.4. The van der Waals surface area contributed by atoms with Gasteiger partial charge >= 0.3 is 11.9 Å². The summed E-state index contributed by atoms with van der Waals surface area (Å²) in [5.41, 5.74) is 1.93. The number of H-pyrrole nitrogens is 2. The number of aromatic amines is 2. The number of nitrogens with one attached hydrogen (secondary N) is 3. The molecule has 9 heteroatoms. The van der Waals surface area contributed by atoms with Crippen LogP contribution in [0.2, 0.25) is 0 Å². The van der Waals surface area contributed by atoms with Crippen molar-refractivity contribution in [1.29, 1.82) is 0 Å². The topological polar surface area (TPSA) is 82.7 Å². The molecule has 3 N–H and O–H groups in total. The number of benzene rings is 1.